The fourth-order valence-electron chi connectivity index (χ4n) is 2.25. The van der Waals surface area contributed by atoms with Crippen LogP contribution >= 0.6 is 55.2 Å². The number of halogens is 3. The van der Waals surface area contributed by atoms with E-state index in [2.05, 4.69) is 36.9 Å². The van der Waals surface area contributed by atoms with Crippen molar-refractivity contribution >= 4 is 79.3 Å². The van der Waals surface area contributed by atoms with Gasteiger partial charge in [0.2, 0.25) is 0 Å². The summed E-state index contributed by atoms with van der Waals surface area (Å²) in [5.74, 6) is -1.83. The number of carbonyl (C=O) groups excluding carboxylic acids is 2. The number of carboxylic acids is 1. The third kappa shape index (κ3) is 4.40. The smallest absolute Gasteiger partial charge is 0.352 e. The van der Waals surface area contributed by atoms with Crippen molar-refractivity contribution < 1.29 is 24.2 Å². The van der Waals surface area contributed by atoms with E-state index in [1.165, 1.54) is 29.8 Å². The van der Waals surface area contributed by atoms with E-state index in [9.17, 15) is 19.5 Å². The Kier molecular flexibility index (Phi) is 6.61. The molecule has 0 saturated carbocycles. The summed E-state index contributed by atoms with van der Waals surface area (Å²) >= 11 is 14.2. The third-order valence-electron chi connectivity index (χ3n) is 3.61. The van der Waals surface area contributed by atoms with Crippen molar-refractivity contribution in [2.45, 2.75) is 33.9 Å². The lowest BCUT2D eigenvalue weighted by molar-refractivity contribution is -0.148. The van der Waals surface area contributed by atoms with Crippen molar-refractivity contribution in [1.29, 1.82) is 0 Å². The van der Waals surface area contributed by atoms with Crippen LogP contribution in [0.2, 0.25) is 0 Å². The van der Waals surface area contributed by atoms with Gasteiger partial charge in [0.1, 0.15) is 21.5 Å². The van der Waals surface area contributed by atoms with Gasteiger partial charge < -0.3 is 9.84 Å². The van der Waals surface area contributed by atoms with Crippen molar-refractivity contribution in [2.75, 3.05) is 12.4 Å². The van der Waals surface area contributed by atoms with E-state index in [0.29, 0.717) is 11.3 Å². The number of carbonyl (C=O) groups is 3. The number of hydrogen-bond acceptors (Lipinski definition) is 6. The maximum absolute atomic E-state index is 12.4. The molecule has 11 heteroatoms. The van der Waals surface area contributed by atoms with Crippen LogP contribution in [0.4, 0.5) is 0 Å². The normalized spacial score (nSPS) is 26.8. The number of amides is 1. The summed E-state index contributed by atoms with van der Waals surface area (Å²) in [6, 6.07) is -0.698. The fourth-order valence-corrected chi connectivity index (χ4v) is 3.86. The van der Waals surface area contributed by atoms with Crippen LogP contribution in [-0.2, 0) is 19.1 Å². The van der Waals surface area contributed by atoms with Gasteiger partial charge in [-0.05, 0) is 6.92 Å². The highest BCUT2D eigenvalue weighted by Gasteiger charge is 2.53. The van der Waals surface area contributed by atoms with Gasteiger partial charge >= 0.3 is 11.9 Å². The second kappa shape index (κ2) is 7.98. The number of rotatable bonds is 6. The van der Waals surface area contributed by atoms with E-state index >= 15 is 0 Å². The Morgan fingerprint density at radius 1 is 1.64 bits per heavy atom. The van der Waals surface area contributed by atoms with Crippen molar-refractivity contribution in [1.82, 2.24) is 4.90 Å². The molecule has 25 heavy (non-hydrogen) atoms. The Hall–Kier alpha value is -0.580. The fraction of sp³-hybridized carbons (Fsp3) is 0.571. The van der Waals surface area contributed by atoms with Crippen LogP contribution < -0.4 is 0 Å². The van der Waals surface area contributed by atoms with Crippen LogP contribution in [0.15, 0.2) is 16.3 Å². The molecule has 7 nitrogen and oxygen atoms in total. The molecular weight excluding hydrogens is 503 g/mol. The summed E-state index contributed by atoms with van der Waals surface area (Å²) in [6.45, 7) is 2.91. The predicted molar refractivity (Wildman–Crippen MR) is 103 cm³/mol. The lowest BCUT2D eigenvalue weighted by Gasteiger charge is -2.47. The molecule has 0 spiro atoms. The molecule has 4 atom stereocenters. The first-order valence-electron chi connectivity index (χ1n) is 7.15. The average Bonchev–Trinajstić information content (AvgIpc) is 2.51. The van der Waals surface area contributed by atoms with Crippen molar-refractivity contribution in [3.63, 3.8) is 0 Å². The van der Waals surface area contributed by atoms with Crippen LogP contribution in [0, 0.1) is 0 Å². The topological polar surface area (TPSA) is 96.3 Å². The third-order valence-corrected chi connectivity index (χ3v) is 7.85. The molecule has 0 aromatic heterocycles. The van der Waals surface area contributed by atoms with E-state index in [1.54, 1.807) is 0 Å². The van der Waals surface area contributed by atoms with Crippen molar-refractivity contribution in [3.05, 3.63) is 11.3 Å². The number of thioether (sulfide) groups is 1. The zero-order chi connectivity index (χ0) is 18.9. The number of aliphatic imine (C=N–C) groups is 1. The van der Waals surface area contributed by atoms with E-state index < -0.39 is 33.0 Å². The molecule has 1 saturated heterocycles. The van der Waals surface area contributed by atoms with Gasteiger partial charge in [0.15, 0.2) is 6.04 Å². The van der Waals surface area contributed by atoms with Crippen molar-refractivity contribution in [2.24, 2.45) is 4.99 Å². The van der Waals surface area contributed by atoms with Gasteiger partial charge in [-0.1, -0.05) is 43.5 Å². The largest absolute Gasteiger partial charge is 0.477 e. The monoisotopic (exact) mass is 516 g/mol. The minimum Gasteiger partial charge on any atom is -0.477 e. The minimum absolute atomic E-state index is 0.133. The Labute approximate surface area is 170 Å². The first kappa shape index (κ1) is 20.7. The molecule has 2 rings (SSSR count). The molecule has 0 aromatic rings. The number of carboxylic acid groups (broad SMARTS) is 1. The molecule has 138 valence electrons. The van der Waals surface area contributed by atoms with Crippen LogP contribution in [0.25, 0.3) is 0 Å². The van der Waals surface area contributed by atoms with Crippen molar-refractivity contribution in [3.8, 4) is 0 Å². The average molecular weight is 519 g/mol. The highest BCUT2D eigenvalue weighted by molar-refractivity contribution is 9.13. The summed E-state index contributed by atoms with van der Waals surface area (Å²) in [5.41, 5.74) is 0.257. The number of nitrogens with zero attached hydrogens (tertiary/aromatic N) is 2. The SMILES string of the molecule is CC(=O)OCC1=C(C(=O)O)N2C(=O)[C@@H](N=CC(Cl)(Br)C(C)Br)[C@@H]2SC1. The summed E-state index contributed by atoms with van der Waals surface area (Å²) in [6.07, 6.45) is 1.44. The van der Waals surface area contributed by atoms with Gasteiger partial charge in [0.25, 0.3) is 5.91 Å². The number of fused-ring (bicyclic) bond motifs is 1. The molecular formula is C14H15Br2ClN2O5S. The molecule has 0 aromatic carbocycles. The molecule has 0 aliphatic carbocycles. The first-order chi connectivity index (χ1) is 11.6. The van der Waals surface area contributed by atoms with E-state index in [4.69, 9.17) is 16.3 Å². The van der Waals surface area contributed by atoms with E-state index in [-0.39, 0.29) is 17.1 Å². The zero-order valence-corrected chi connectivity index (χ0v) is 18.0. The van der Waals surface area contributed by atoms with Gasteiger partial charge in [-0.15, -0.1) is 11.8 Å². The maximum atomic E-state index is 12.4. The molecule has 2 aliphatic heterocycles. The van der Waals surface area contributed by atoms with Crippen LogP contribution in [-0.4, -0.2) is 66.5 Å². The van der Waals surface area contributed by atoms with Gasteiger partial charge in [0.05, 0.1) is 0 Å². The van der Waals surface area contributed by atoms with Crippen LogP contribution in [0.3, 0.4) is 0 Å². The number of alkyl halides is 3. The van der Waals surface area contributed by atoms with Gasteiger partial charge in [-0.25, -0.2) is 4.79 Å². The number of β-lactam (4-membered cyclic amide) rings is 1. The molecule has 0 radical (unpaired) electrons. The highest BCUT2D eigenvalue weighted by Crippen LogP contribution is 2.42. The number of aliphatic carboxylic acids is 1. The van der Waals surface area contributed by atoms with Crippen LogP contribution in [0.1, 0.15) is 13.8 Å². The lowest BCUT2D eigenvalue weighted by Crippen LogP contribution is -2.64. The van der Waals surface area contributed by atoms with Gasteiger partial charge in [-0.2, -0.15) is 0 Å². The second-order valence-corrected chi connectivity index (χ2v) is 10.3. The standard InChI is InChI=1S/C14H15Br2ClN2O5S/c1-6(15)14(16,17)5-18-9-11(21)19-10(13(22)23)8(3-24-7(2)20)4-25-12(9)19/h5-6,9,12H,3-4H2,1-2H3,(H,22,23)/t6?,9-,12+,14?/m1/s1. The lowest BCUT2D eigenvalue weighted by atomic mass is 10.0. The summed E-state index contributed by atoms with van der Waals surface area (Å²) in [7, 11) is 0. The number of hydrogen-bond donors (Lipinski definition) is 1. The van der Waals surface area contributed by atoms with E-state index in [0.717, 1.165) is 0 Å². The Balaban J connectivity index is 2.20. The number of ether oxygens (including phenoxy) is 1. The minimum atomic E-state index is -1.23. The van der Waals surface area contributed by atoms with Gasteiger partial charge in [0, 0.05) is 29.3 Å². The zero-order valence-electron chi connectivity index (χ0n) is 13.2. The maximum Gasteiger partial charge on any atom is 0.352 e. The molecule has 1 amide bonds. The predicted octanol–water partition coefficient (Wildman–Crippen LogP) is 2.36. The molecule has 2 aliphatic rings. The quantitative estimate of drug-likeness (QED) is 0.251. The summed E-state index contributed by atoms with van der Waals surface area (Å²) < 4.78 is 3.93. The Bertz CT molecular complexity index is 668. The Morgan fingerprint density at radius 2 is 2.28 bits per heavy atom. The number of esters is 1. The van der Waals surface area contributed by atoms with Crippen LogP contribution in [0.5, 0.6) is 0 Å². The first-order valence-corrected chi connectivity index (χ1v) is 10.3. The van der Waals surface area contributed by atoms with E-state index in [1.807, 2.05) is 6.92 Å². The molecule has 1 fully saturated rings. The molecule has 1 N–H and O–H groups in total. The highest BCUT2D eigenvalue weighted by atomic mass is 79.9. The molecule has 0 bridgehead atoms. The Morgan fingerprint density at radius 3 is 2.80 bits per heavy atom. The molecule has 2 unspecified atom stereocenters. The second-order valence-electron chi connectivity index (χ2n) is 5.46. The molecule has 2 heterocycles. The summed E-state index contributed by atoms with van der Waals surface area (Å²) in [4.78, 5) is 40.2. The van der Waals surface area contributed by atoms with Gasteiger partial charge in [-0.3, -0.25) is 19.5 Å². The summed E-state index contributed by atoms with van der Waals surface area (Å²) in [5, 5.41) is 9.04.